The molecule has 2 rings (SSSR count). The third-order valence-corrected chi connectivity index (χ3v) is 2.47. The van der Waals surface area contributed by atoms with E-state index in [0.29, 0.717) is 13.0 Å². The van der Waals surface area contributed by atoms with E-state index in [0.717, 1.165) is 24.6 Å². The largest absolute Gasteiger partial charge is 0.504 e. The Hall–Kier alpha value is -1.42. The summed E-state index contributed by atoms with van der Waals surface area (Å²) in [5, 5.41) is 9.58. The zero-order valence-electron chi connectivity index (χ0n) is 8.07. The van der Waals surface area contributed by atoms with E-state index in [-0.39, 0.29) is 11.7 Å². The van der Waals surface area contributed by atoms with Crippen molar-refractivity contribution in [3.8, 4) is 5.75 Å². The predicted octanol–water partition coefficient (Wildman–Crippen LogP) is 1.74. The molecule has 1 heterocycles. The second kappa shape index (κ2) is 3.98. The van der Waals surface area contributed by atoms with E-state index in [1.807, 2.05) is 0 Å². The van der Waals surface area contributed by atoms with Gasteiger partial charge in [0.1, 0.15) is 5.82 Å². The summed E-state index contributed by atoms with van der Waals surface area (Å²) in [5.41, 5.74) is -0.329. The van der Waals surface area contributed by atoms with Gasteiger partial charge in [-0.2, -0.15) is 0 Å². The van der Waals surface area contributed by atoms with Crippen LogP contribution in [-0.2, 0) is 4.74 Å². The summed E-state index contributed by atoms with van der Waals surface area (Å²) in [6.45, 7) is 0.582. The van der Waals surface area contributed by atoms with Crippen molar-refractivity contribution in [2.45, 2.75) is 18.9 Å². The van der Waals surface area contributed by atoms with Gasteiger partial charge in [-0.3, -0.25) is 4.79 Å². The molecule has 0 bridgehead atoms. The minimum absolute atomic E-state index is 0.250. The van der Waals surface area contributed by atoms with Crippen LogP contribution >= 0.6 is 0 Å². The Balaban J connectivity index is 2.54. The molecule has 0 amide bonds. The van der Waals surface area contributed by atoms with Crippen LogP contribution in [0.25, 0.3) is 0 Å². The Bertz CT molecular complexity index is 425. The van der Waals surface area contributed by atoms with Crippen molar-refractivity contribution in [2.75, 3.05) is 6.61 Å². The monoisotopic (exact) mass is 210 g/mol. The first kappa shape index (κ1) is 10.1. The van der Waals surface area contributed by atoms with Crippen molar-refractivity contribution in [1.82, 2.24) is 0 Å². The van der Waals surface area contributed by atoms with E-state index in [4.69, 9.17) is 4.74 Å². The smallest absolute Gasteiger partial charge is 0.220 e. The molecule has 1 atom stereocenters. The lowest BCUT2D eigenvalue weighted by Gasteiger charge is -2.08. The van der Waals surface area contributed by atoms with Gasteiger partial charge in [0.25, 0.3) is 0 Å². The minimum atomic E-state index is -0.579. The van der Waals surface area contributed by atoms with E-state index in [2.05, 4.69) is 0 Å². The first-order chi connectivity index (χ1) is 7.18. The van der Waals surface area contributed by atoms with Crippen molar-refractivity contribution in [2.24, 2.45) is 0 Å². The Morgan fingerprint density at radius 1 is 1.47 bits per heavy atom. The molecule has 0 spiro atoms. The number of rotatable bonds is 1. The minimum Gasteiger partial charge on any atom is -0.504 e. The summed E-state index contributed by atoms with van der Waals surface area (Å²) in [5.74, 6) is -0.955. The third kappa shape index (κ3) is 1.99. The lowest BCUT2D eigenvalue weighted by molar-refractivity contribution is 0.109. The predicted molar refractivity (Wildman–Crippen MR) is 52.3 cm³/mol. The fourth-order valence-corrected chi connectivity index (χ4v) is 1.71. The van der Waals surface area contributed by atoms with Gasteiger partial charge in [0.05, 0.1) is 6.10 Å². The van der Waals surface area contributed by atoms with Crippen molar-refractivity contribution in [3.05, 3.63) is 39.8 Å². The van der Waals surface area contributed by atoms with Gasteiger partial charge in [-0.05, 0) is 31.0 Å². The average molecular weight is 210 g/mol. The van der Waals surface area contributed by atoms with Crippen LogP contribution in [0.15, 0.2) is 23.0 Å². The molecular weight excluding hydrogens is 199 g/mol. The van der Waals surface area contributed by atoms with Gasteiger partial charge in [0.2, 0.25) is 5.43 Å². The maximum Gasteiger partial charge on any atom is 0.220 e. The van der Waals surface area contributed by atoms with E-state index < -0.39 is 17.0 Å². The summed E-state index contributed by atoms with van der Waals surface area (Å²) in [6, 6.07) is 3.22. The molecule has 0 saturated carbocycles. The van der Waals surface area contributed by atoms with Gasteiger partial charge < -0.3 is 9.84 Å². The van der Waals surface area contributed by atoms with Crippen LogP contribution in [0.1, 0.15) is 24.5 Å². The quantitative estimate of drug-likeness (QED) is 0.768. The molecule has 1 unspecified atom stereocenters. The summed E-state index contributed by atoms with van der Waals surface area (Å²) >= 11 is 0. The second-order valence-corrected chi connectivity index (χ2v) is 3.53. The zero-order valence-corrected chi connectivity index (χ0v) is 8.07. The van der Waals surface area contributed by atoms with Crippen LogP contribution in [0.4, 0.5) is 4.39 Å². The van der Waals surface area contributed by atoms with E-state index in [1.54, 1.807) is 0 Å². The molecule has 1 aliphatic rings. The summed E-state index contributed by atoms with van der Waals surface area (Å²) in [4.78, 5) is 11.3. The Morgan fingerprint density at radius 3 is 2.93 bits per heavy atom. The molecule has 1 aliphatic heterocycles. The van der Waals surface area contributed by atoms with Crippen molar-refractivity contribution >= 4 is 0 Å². The molecule has 80 valence electrons. The van der Waals surface area contributed by atoms with Gasteiger partial charge in [0, 0.05) is 12.2 Å². The van der Waals surface area contributed by atoms with Gasteiger partial charge in [0.15, 0.2) is 5.75 Å². The van der Waals surface area contributed by atoms with E-state index >= 15 is 0 Å². The number of hydrogen-bond donors (Lipinski definition) is 1. The molecule has 1 N–H and O–H groups in total. The van der Waals surface area contributed by atoms with Crippen LogP contribution < -0.4 is 5.43 Å². The number of aromatic hydroxyl groups is 1. The van der Waals surface area contributed by atoms with Gasteiger partial charge in [-0.15, -0.1) is 0 Å². The molecular formula is C11H11FO3. The van der Waals surface area contributed by atoms with Crippen LogP contribution in [0.2, 0.25) is 0 Å². The van der Waals surface area contributed by atoms with Crippen molar-refractivity contribution in [3.63, 3.8) is 0 Å². The van der Waals surface area contributed by atoms with Crippen LogP contribution in [0, 0.1) is 5.82 Å². The molecule has 1 aromatic carbocycles. The highest BCUT2D eigenvalue weighted by Crippen LogP contribution is 2.32. The maximum atomic E-state index is 13.1. The normalized spacial score (nSPS) is 20.5. The zero-order chi connectivity index (χ0) is 10.8. The van der Waals surface area contributed by atoms with Gasteiger partial charge in [-0.25, -0.2) is 4.39 Å². The Kier molecular flexibility index (Phi) is 2.68. The fraction of sp³-hybridized carbons (Fsp3) is 0.364. The van der Waals surface area contributed by atoms with Crippen molar-refractivity contribution < 1.29 is 14.2 Å². The maximum absolute atomic E-state index is 13.1. The van der Waals surface area contributed by atoms with Crippen LogP contribution in [0.5, 0.6) is 5.75 Å². The molecule has 1 fully saturated rings. The standard InChI is InChI=1S/C11H11FO3/c12-7-3-4-9(13)11(14)8(6-7)10-2-1-5-15-10/h3-4,6,10H,1-2,5H2,(H,13,14). The van der Waals surface area contributed by atoms with Gasteiger partial charge >= 0.3 is 0 Å². The molecule has 0 aromatic heterocycles. The summed E-state index contributed by atoms with van der Waals surface area (Å²) in [7, 11) is 0. The number of halogens is 1. The summed E-state index contributed by atoms with van der Waals surface area (Å²) in [6.07, 6.45) is 1.20. The first-order valence-electron chi connectivity index (χ1n) is 4.83. The van der Waals surface area contributed by atoms with Crippen LogP contribution in [0.3, 0.4) is 0 Å². The topological polar surface area (TPSA) is 46.5 Å². The van der Waals surface area contributed by atoms with E-state index in [1.165, 1.54) is 0 Å². The highest BCUT2D eigenvalue weighted by molar-refractivity contribution is 5.33. The molecule has 0 aliphatic carbocycles. The number of ether oxygens (including phenoxy) is 1. The summed E-state index contributed by atoms with van der Waals surface area (Å²) < 4.78 is 18.4. The van der Waals surface area contributed by atoms with Crippen LogP contribution in [-0.4, -0.2) is 11.7 Å². The molecule has 15 heavy (non-hydrogen) atoms. The van der Waals surface area contributed by atoms with Crippen molar-refractivity contribution in [1.29, 1.82) is 0 Å². The fourth-order valence-electron chi connectivity index (χ4n) is 1.71. The highest BCUT2D eigenvalue weighted by atomic mass is 19.1. The van der Waals surface area contributed by atoms with E-state index in [9.17, 15) is 14.3 Å². The lowest BCUT2D eigenvalue weighted by atomic mass is 10.1. The third-order valence-electron chi connectivity index (χ3n) is 2.47. The molecule has 4 heteroatoms. The second-order valence-electron chi connectivity index (χ2n) is 3.53. The lowest BCUT2D eigenvalue weighted by Crippen LogP contribution is -2.01. The Morgan fingerprint density at radius 2 is 2.27 bits per heavy atom. The first-order valence-corrected chi connectivity index (χ1v) is 4.83. The number of hydrogen-bond acceptors (Lipinski definition) is 3. The highest BCUT2D eigenvalue weighted by Gasteiger charge is 2.21. The SMILES string of the molecule is O=c1ccc(F)cc(C2CCCO2)c1O. The molecule has 3 nitrogen and oxygen atoms in total. The van der Waals surface area contributed by atoms with Gasteiger partial charge in [-0.1, -0.05) is 0 Å². The molecule has 1 saturated heterocycles. The molecule has 1 aromatic rings. The molecule has 0 radical (unpaired) electrons. The average Bonchev–Trinajstić information content (AvgIpc) is 2.70. The Labute approximate surface area is 86.1 Å².